The summed E-state index contributed by atoms with van der Waals surface area (Å²) >= 11 is 0. The normalized spacial score (nSPS) is 10.8. The average Bonchev–Trinajstić information content (AvgIpc) is 3.16. The quantitative estimate of drug-likeness (QED) is 0.331. The minimum Gasteiger partial charge on any atom is -0.493 e. The van der Waals surface area contributed by atoms with Gasteiger partial charge in [-0.25, -0.2) is 4.99 Å². The predicted molar refractivity (Wildman–Crippen MR) is 115 cm³/mol. The van der Waals surface area contributed by atoms with Gasteiger partial charge in [0.15, 0.2) is 17.5 Å². The van der Waals surface area contributed by atoms with Gasteiger partial charge in [0, 0.05) is 19.5 Å². The summed E-state index contributed by atoms with van der Waals surface area (Å²) in [5.74, 6) is 3.19. The third-order valence-corrected chi connectivity index (χ3v) is 3.65. The smallest absolute Gasteiger partial charge is 0.191 e. The molecule has 2 rings (SSSR count). The standard InChI is InChI=1S/C19H27N3O3.HI/c1-4-10-20-19(21-11-9-16-6-5-12-25-16)22-14-15-7-8-17(23-2)18(13-15)24-3;/h5-8,12-13H,4,9-11,14H2,1-3H3,(H2,20,21,22);1H. The zero-order chi connectivity index (χ0) is 17.9. The number of nitrogens with one attached hydrogen (secondary N) is 2. The van der Waals surface area contributed by atoms with Crippen LogP contribution >= 0.6 is 24.0 Å². The van der Waals surface area contributed by atoms with Crippen LogP contribution in [0.4, 0.5) is 0 Å². The van der Waals surface area contributed by atoms with Gasteiger partial charge < -0.3 is 24.5 Å². The number of methoxy groups -OCH3 is 2. The Bertz CT molecular complexity index is 660. The van der Waals surface area contributed by atoms with Crippen LogP contribution in [-0.4, -0.2) is 33.3 Å². The van der Waals surface area contributed by atoms with Crippen molar-refractivity contribution in [1.82, 2.24) is 10.6 Å². The summed E-state index contributed by atoms with van der Waals surface area (Å²) < 4.78 is 16.0. The number of hydrogen-bond donors (Lipinski definition) is 2. The molecule has 0 bridgehead atoms. The molecule has 2 aromatic rings. The Morgan fingerprint density at radius 3 is 2.50 bits per heavy atom. The van der Waals surface area contributed by atoms with Crippen LogP contribution in [0.25, 0.3) is 0 Å². The first-order chi connectivity index (χ1) is 12.3. The molecule has 2 N–H and O–H groups in total. The second-order valence-electron chi connectivity index (χ2n) is 5.54. The molecule has 6 nitrogen and oxygen atoms in total. The molecule has 0 fully saturated rings. The summed E-state index contributed by atoms with van der Waals surface area (Å²) in [5.41, 5.74) is 1.06. The molecule has 26 heavy (non-hydrogen) atoms. The molecular formula is C19H28IN3O3. The molecule has 0 saturated carbocycles. The number of rotatable bonds is 9. The van der Waals surface area contributed by atoms with Crippen LogP contribution in [0.15, 0.2) is 46.0 Å². The van der Waals surface area contributed by atoms with E-state index in [2.05, 4.69) is 22.5 Å². The maximum absolute atomic E-state index is 5.35. The van der Waals surface area contributed by atoms with Gasteiger partial charge in [0.05, 0.1) is 27.0 Å². The fourth-order valence-corrected chi connectivity index (χ4v) is 2.33. The zero-order valence-corrected chi connectivity index (χ0v) is 17.9. The van der Waals surface area contributed by atoms with Crippen molar-refractivity contribution >= 4 is 29.9 Å². The number of halogens is 1. The summed E-state index contributed by atoms with van der Waals surface area (Å²) in [6, 6.07) is 9.71. The summed E-state index contributed by atoms with van der Waals surface area (Å²) in [4.78, 5) is 4.65. The molecule has 1 heterocycles. The van der Waals surface area contributed by atoms with Gasteiger partial charge in [-0.15, -0.1) is 24.0 Å². The summed E-state index contributed by atoms with van der Waals surface area (Å²) in [6.07, 6.45) is 3.54. The van der Waals surface area contributed by atoms with Crippen molar-refractivity contribution in [3.8, 4) is 11.5 Å². The molecule has 0 aliphatic carbocycles. The molecule has 0 amide bonds. The van der Waals surface area contributed by atoms with Crippen molar-refractivity contribution in [1.29, 1.82) is 0 Å². The molecular weight excluding hydrogens is 445 g/mol. The van der Waals surface area contributed by atoms with Crippen LogP contribution in [0.2, 0.25) is 0 Å². The Labute approximate surface area is 172 Å². The maximum Gasteiger partial charge on any atom is 0.191 e. The molecule has 0 aliphatic rings. The molecule has 7 heteroatoms. The van der Waals surface area contributed by atoms with Gasteiger partial charge >= 0.3 is 0 Å². The van der Waals surface area contributed by atoms with Crippen molar-refractivity contribution in [2.24, 2.45) is 4.99 Å². The van der Waals surface area contributed by atoms with Gasteiger partial charge in [-0.05, 0) is 36.2 Å². The van der Waals surface area contributed by atoms with E-state index in [0.29, 0.717) is 12.3 Å². The number of benzene rings is 1. The summed E-state index contributed by atoms with van der Waals surface area (Å²) in [5, 5.41) is 6.66. The molecule has 0 radical (unpaired) electrons. The van der Waals surface area contributed by atoms with E-state index >= 15 is 0 Å². The van der Waals surface area contributed by atoms with E-state index in [0.717, 1.165) is 49.0 Å². The van der Waals surface area contributed by atoms with Crippen LogP contribution in [0, 0.1) is 0 Å². The number of hydrogen-bond acceptors (Lipinski definition) is 4. The van der Waals surface area contributed by atoms with Crippen LogP contribution < -0.4 is 20.1 Å². The monoisotopic (exact) mass is 473 g/mol. The molecule has 144 valence electrons. The van der Waals surface area contributed by atoms with Crippen LogP contribution in [-0.2, 0) is 13.0 Å². The molecule has 0 unspecified atom stereocenters. The summed E-state index contributed by atoms with van der Waals surface area (Å²) in [6.45, 7) is 4.31. The second-order valence-corrected chi connectivity index (χ2v) is 5.54. The predicted octanol–water partition coefficient (Wildman–Crippen LogP) is 3.60. The average molecular weight is 473 g/mol. The van der Waals surface area contributed by atoms with Gasteiger partial charge in [0.2, 0.25) is 0 Å². The number of nitrogens with zero attached hydrogens (tertiary/aromatic N) is 1. The summed E-state index contributed by atoms with van der Waals surface area (Å²) in [7, 11) is 3.26. The highest BCUT2D eigenvalue weighted by Crippen LogP contribution is 2.27. The van der Waals surface area contributed by atoms with Crippen molar-refractivity contribution in [3.63, 3.8) is 0 Å². The highest BCUT2D eigenvalue weighted by atomic mass is 127. The van der Waals surface area contributed by atoms with E-state index in [-0.39, 0.29) is 24.0 Å². The van der Waals surface area contributed by atoms with Crippen LogP contribution in [0.1, 0.15) is 24.7 Å². The molecule has 0 spiro atoms. The van der Waals surface area contributed by atoms with Crippen molar-refractivity contribution < 1.29 is 13.9 Å². The Balaban J connectivity index is 0.00000338. The fraction of sp³-hybridized carbons (Fsp3) is 0.421. The largest absolute Gasteiger partial charge is 0.493 e. The van der Waals surface area contributed by atoms with E-state index < -0.39 is 0 Å². The van der Waals surface area contributed by atoms with E-state index in [4.69, 9.17) is 13.9 Å². The molecule has 0 aliphatic heterocycles. The lowest BCUT2D eigenvalue weighted by Crippen LogP contribution is -2.38. The minimum absolute atomic E-state index is 0. The fourth-order valence-electron chi connectivity index (χ4n) is 2.33. The molecule has 1 aromatic carbocycles. The van der Waals surface area contributed by atoms with Crippen molar-refractivity contribution in [2.45, 2.75) is 26.3 Å². The Morgan fingerprint density at radius 2 is 1.85 bits per heavy atom. The minimum atomic E-state index is 0. The van der Waals surface area contributed by atoms with Crippen LogP contribution in [0.5, 0.6) is 11.5 Å². The molecule has 1 aromatic heterocycles. The zero-order valence-electron chi connectivity index (χ0n) is 15.6. The topological polar surface area (TPSA) is 68.0 Å². The number of furan rings is 1. The van der Waals surface area contributed by atoms with Gasteiger partial charge in [-0.3, -0.25) is 0 Å². The lowest BCUT2D eigenvalue weighted by atomic mass is 10.2. The SMILES string of the molecule is CCCNC(=NCc1ccc(OC)c(OC)c1)NCCc1ccco1.I. The number of ether oxygens (including phenoxy) is 2. The number of aliphatic imine (C=N–C) groups is 1. The third kappa shape index (κ3) is 7.15. The van der Waals surface area contributed by atoms with Gasteiger partial charge in [0.1, 0.15) is 5.76 Å². The van der Waals surface area contributed by atoms with E-state index in [1.54, 1.807) is 20.5 Å². The highest BCUT2D eigenvalue weighted by Gasteiger charge is 2.05. The van der Waals surface area contributed by atoms with Crippen LogP contribution in [0.3, 0.4) is 0 Å². The Kier molecular flexibility index (Phi) is 10.6. The first-order valence-corrected chi connectivity index (χ1v) is 8.52. The van der Waals surface area contributed by atoms with Gasteiger partial charge in [-0.2, -0.15) is 0 Å². The third-order valence-electron chi connectivity index (χ3n) is 3.65. The van der Waals surface area contributed by atoms with Gasteiger partial charge in [-0.1, -0.05) is 13.0 Å². The Morgan fingerprint density at radius 1 is 1.08 bits per heavy atom. The van der Waals surface area contributed by atoms with Crippen molar-refractivity contribution in [3.05, 3.63) is 47.9 Å². The van der Waals surface area contributed by atoms with E-state index in [9.17, 15) is 0 Å². The van der Waals surface area contributed by atoms with Crippen molar-refractivity contribution in [2.75, 3.05) is 27.3 Å². The molecule has 0 saturated heterocycles. The first-order valence-electron chi connectivity index (χ1n) is 8.52. The van der Waals surface area contributed by atoms with E-state index in [1.165, 1.54) is 0 Å². The molecule has 0 atom stereocenters. The number of guanidine groups is 1. The lowest BCUT2D eigenvalue weighted by molar-refractivity contribution is 0.354. The second kappa shape index (κ2) is 12.5. The highest BCUT2D eigenvalue weighted by molar-refractivity contribution is 14.0. The Hall–Kier alpha value is -1.90. The first kappa shape index (κ1) is 22.1. The van der Waals surface area contributed by atoms with Gasteiger partial charge in [0.25, 0.3) is 0 Å². The lowest BCUT2D eigenvalue weighted by Gasteiger charge is -2.12. The maximum atomic E-state index is 5.35. The van der Waals surface area contributed by atoms with E-state index in [1.807, 2.05) is 30.3 Å².